The molecule has 2 heterocycles. The molecule has 0 radical (unpaired) electrons. The first-order chi connectivity index (χ1) is 15.5. The van der Waals surface area contributed by atoms with Crippen molar-refractivity contribution >= 4 is 22.6 Å². The summed E-state index contributed by atoms with van der Waals surface area (Å²) in [4.78, 5) is 17.4. The van der Waals surface area contributed by atoms with E-state index >= 15 is 0 Å². The molecule has 1 aliphatic heterocycles. The molecule has 1 aromatic heterocycles. The molecular weight excluding hydrogens is 412 g/mol. The van der Waals surface area contributed by atoms with Crippen molar-refractivity contribution in [1.29, 1.82) is 0 Å². The van der Waals surface area contributed by atoms with Gasteiger partial charge in [-0.15, -0.1) is 0 Å². The van der Waals surface area contributed by atoms with Gasteiger partial charge in [-0.3, -0.25) is 0 Å². The molecule has 0 atom stereocenters. The fourth-order valence-electron chi connectivity index (χ4n) is 4.10. The summed E-state index contributed by atoms with van der Waals surface area (Å²) in [6.45, 7) is 1.05. The van der Waals surface area contributed by atoms with E-state index < -0.39 is 11.6 Å². The van der Waals surface area contributed by atoms with Crippen molar-refractivity contribution in [2.75, 3.05) is 19.0 Å². The summed E-state index contributed by atoms with van der Waals surface area (Å²) in [6.07, 6.45) is 2.28. The summed E-state index contributed by atoms with van der Waals surface area (Å²) in [5, 5.41) is 3.24. The molecule has 2 N–H and O–H groups in total. The zero-order chi connectivity index (χ0) is 22.2. The number of carbonyl (C=O) groups excluding carboxylic acids is 1. The SMILES string of the molecule is COc1ccc(-c2ccc3c(c2)CCN(C(=O)Nc2c[nH]c4cc(F)c(F)cc24)C3)cc1. The Kier molecular flexibility index (Phi) is 5.01. The molecule has 0 unspecified atom stereocenters. The third kappa shape index (κ3) is 3.66. The molecule has 0 bridgehead atoms. The van der Waals surface area contributed by atoms with Crippen molar-refractivity contribution in [2.24, 2.45) is 0 Å². The van der Waals surface area contributed by atoms with Crippen LogP contribution in [0, 0.1) is 11.6 Å². The van der Waals surface area contributed by atoms with E-state index in [0.29, 0.717) is 29.7 Å². The topological polar surface area (TPSA) is 57.4 Å². The normalized spacial score (nSPS) is 13.2. The predicted octanol–water partition coefficient (Wildman–Crippen LogP) is 5.71. The van der Waals surface area contributed by atoms with E-state index in [2.05, 4.69) is 28.5 Å². The molecule has 5 nitrogen and oxygen atoms in total. The number of benzene rings is 3. The molecule has 162 valence electrons. The standard InChI is InChI=1S/C25H21F2N3O2/c1-32-19-6-4-15(5-7-19)16-2-3-18-14-30(9-8-17(18)10-16)25(31)29-24-13-28-23-12-22(27)21(26)11-20(23)24/h2-7,10-13,28H,8-9,14H2,1H3,(H,29,31). The number of anilines is 1. The molecule has 5 rings (SSSR count). The molecule has 0 fully saturated rings. The monoisotopic (exact) mass is 433 g/mol. The summed E-state index contributed by atoms with van der Waals surface area (Å²) in [6, 6.07) is 16.1. The van der Waals surface area contributed by atoms with Crippen molar-refractivity contribution in [2.45, 2.75) is 13.0 Å². The van der Waals surface area contributed by atoms with E-state index in [9.17, 15) is 13.6 Å². The molecule has 32 heavy (non-hydrogen) atoms. The van der Waals surface area contributed by atoms with Gasteiger partial charge in [0.25, 0.3) is 0 Å². The number of carbonyl (C=O) groups is 1. The van der Waals surface area contributed by atoms with Crippen LogP contribution in [0.1, 0.15) is 11.1 Å². The van der Waals surface area contributed by atoms with Gasteiger partial charge in [0.05, 0.1) is 18.3 Å². The first-order valence-electron chi connectivity index (χ1n) is 10.3. The number of amides is 2. The molecule has 0 aliphatic carbocycles. The number of hydrogen-bond acceptors (Lipinski definition) is 2. The smallest absolute Gasteiger partial charge is 0.322 e. The van der Waals surface area contributed by atoms with E-state index in [1.165, 1.54) is 5.56 Å². The molecule has 4 aromatic rings. The number of ether oxygens (including phenoxy) is 1. The summed E-state index contributed by atoms with van der Waals surface area (Å²) in [5.41, 5.74) is 5.38. The van der Waals surface area contributed by atoms with Gasteiger partial charge in [-0.25, -0.2) is 13.6 Å². The predicted molar refractivity (Wildman–Crippen MR) is 120 cm³/mol. The van der Waals surface area contributed by atoms with E-state index in [1.54, 1.807) is 18.2 Å². The molecule has 3 aromatic carbocycles. The number of urea groups is 1. The van der Waals surface area contributed by atoms with Gasteiger partial charge in [0.1, 0.15) is 5.75 Å². The first-order valence-corrected chi connectivity index (χ1v) is 10.3. The third-order valence-electron chi connectivity index (χ3n) is 5.89. The van der Waals surface area contributed by atoms with Crippen LogP contribution in [0.15, 0.2) is 60.8 Å². The average Bonchev–Trinajstić information content (AvgIpc) is 3.19. The molecule has 0 saturated heterocycles. The number of hydrogen-bond donors (Lipinski definition) is 2. The summed E-state index contributed by atoms with van der Waals surface area (Å²) in [5.74, 6) is -1.07. The van der Waals surface area contributed by atoms with E-state index in [4.69, 9.17) is 4.74 Å². The van der Waals surface area contributed by atoms with Gasteiger partial charge >= 0.3 is 6.03 Å². The van der Waals surface area contributed by atoms with E-state index in [-0.39, 0.29) is 6.03 Å². The highest BCUT2D eigenvalue weighted by molar-refractivity contribution is 6.01. The van der Waals surface area contributed by atoms with E-state index in [0.717, 1.165) is 41.0 Å². The fourth-order valence-corrected chi connectivity index (χ4v) is 4.10. The maximum Gasteiger partial charge on any atom is 0.322 e. The Balaban J connectivity index is 1.32. The van der Waals surface area contributed by atoms with Crippen LogP contribution in [-0.4, -0.2) is 29.6 Å². The van der Waals surface area contributed by atoms with Crippen LogP contribution in [0.4, 0.5) is 19.3 Å². The van der Waals surface area contributed by atoms with Crippen molar-refractivity contribution in [1.82, 2.24) is 9.88 Å². The number of nitrogens with zero attached hydrogens (tertiary/aromatic N) is 1. The second-order valence-electron chi connectivity index (χ2n) is 7.83. The Morgan fingerprint density at radius 2 is 1.75 bits per heavy atom. The number of aromatic nitrogens is 1. The van der Waals surface area contributed by atoms with Gasteiger partial charge in [0, 0.05) is 30.7 Å². The quantitative estimate of drug-likeness (QED) is 0.435. The van der Waals surface area contributed by atoms with Crippen molar-refractivity contribution in [3.05, 3.63) is 83.6 Å². The van der Waals surface area contributed by atoms with Crippen molar-refractivity contribution < 1.29 is 18.3 Å². The number of H-pyrrole nitrogens is 1. The number of nitrogens with one attached hydrogen (secondary N) is 2. The molecule has 0 spiro atoms. The Morgan fingerprint density at radius 1 is 1.00 bits per heavy atom. The summed E-state index contributed by atoms with van der Waals surface area (Å²) in [7, 11) is 1.65. The average molecular weight is 433 g/mol. The van der Waals surface area contributed by atoms with Crippen molar-refractivity contribution in [3.8, 4) is 16.9 Å². The summed E-state index contributed by atoms with van der Waals surface area (Å²) >= 11 is 0. The van der Waals surface area contributed by atoms with Gasteiger partial charge in [0.15, 0.2) is 11.6 Å². The van der Waals surface area contributed by atoms with Gasteiger partial charge in [-0.1, -0.05) is 30.3 Å². The number of aromatic amines is 1. The molecule has 1 aliphatic rings. The van der Waals surface area contributed by atoms with Crippen LogP contribution in [-0.2, 0) is 13.0 Å². The minimum atomic E-state index is -0.952. The lowest BCUT2D eigenvalue weighted by Crippen LogP contribution is -2.38. The highest BCUT2D eigenvalue weighted by Crippen LogP contribution is 2.29. The molecule has 0 saturated carbocycles. The Bertz CT molecular complexity index is 1320. The number of rotatable bonds is 3. The highest BCUT2D eigenvalue weighted by atomic mass is 19.2. The van der Waals surface area contributed by atoms with Crippen LogP contribution >= 0.6 is 0 Å². The second kappa shape index (κ2) is 8.00. The lowest BCUT2D eigenvalue weighted by molar-refractivity contribution is 0.206. The number of fused-ring (bicyclic) bond motifs is 2. The first kappa shape index (κ1) is 20.1. The maximum absolute atomic E-state index is 13.6. The van der Waals surface area contributed by atoms with Gasteiger partial charge in [-0.05, 0) is 46.9 Å². The molecule has 7 heteroatoms. The highest BCUT2D eigenvalue weighted by Gasteiger charge is 2.22. The van der Waals surface area contributed by atoms with Crippen molar-refractivity contribution in [3.63, 3.8) is 0 Å². The lowest BCUT2D eigenvalue weighted by Gasteiger charge is -2.29. The van der Waals surface area contributed by atoms with Gasteiger partial charge in [-0.2, -0.15) is 0 Å². The van der Waals surface area contributed by atoms with Crippen LogP contribution in [0.25, 0.3) is 22.0 Å². The second-order valence-corrected chi connectivity index (χ2v) is 7.83. The number of halogens is 2. The Morgan fingerprint density at radius 3 is 2.53 bits per heavy atom. The Labute approximate surface area is 183 Å². The van der Waals surface area contributed by atoms with Crippen LogP contribution in [0.2, 0.25) is 0 Å². The Hall–Kier alpha value is -3.87. The van der Waals surface area contributed by atoms with Crippen LogP contribution in [0.3, 0.4) is 0 Å². The number of methoxy groups -OCH3 is 1. The van der Waals surface area contributed by atoms with Crippen LogP contribution in [0.5, 0.6) is 5.75 Å². The third-order valence-corrected chi connectivity index (χ3v) is 5.89. The fraction of sp³-hybridized carbons (Fsp3) is 0.160. The lowest BCUT2D eigenvalue weighted by atomic mass is 9.94. The van der Waals surface area contributed by atoms with E-state index in [1.807, 2.05) is 24.3 Å². The summed E-state index contributed by atoms with van der Waals surface area (Å²) < 4.78 is 32.3. The van der Waals surface area contributed by atoms with Gasteiger partial charge in [0.2, 0.25) is 0 Å². The van der Waals surface area contributed by atoms with Gasteiger partial charge < -0.3 is 19.9 Å². The zero-order valence-electron chi connectivity index (χ0n) is 17.4. The minimum absolute atomic E-state index is 0.277. The minimum Gasteiger partial charge on any atom is -0.497 e. The van der Waals surface area contributed by atoms with Crippen LogP contribution < -0.4 is 10.1 Å². The largest absolute Gasteiger partial charge is 0.497 e. The zero-order valence-corrected chi connectivity index (χ0v) is 17.4. The molecule has 2 amide bonds. The molecular formula is C25H21F2N3O2. The maximum atomic E-state index is 13.6.